The van der Waals surface area contributed by atoms with E-state index >= 15 is 0 Å². The lowest BCUT2D eigenvalue weighted by Gasteiger charge is -2.33. The number of nitrogens with zero attached hydrogens (tertiary/aromatic N) is 3. The van der Waals surface area contributed by atoms with Gasteiger partial charge >= 0.3 is 6.18 Å². The van der Waals surface area contributed by atoms with Crippen molar-refractivity contribution in [3.63, 3.8) is 0 Å². The van der Waals surface area contributed by atoms with E-state index in [4.69, 9.17) is 5.84 Å². The number of nitrogens with two attached hydrogens (primary N) is 1. The summed E-state index contributed by atoms with van der Waals surface area (Å²) < 4.78 is 42.6. The number of fused-ring (bicyclic) bond motifs is 2. The summed E-state index contributed by atoms with van der Waals surface area (Å²) in [6.07, 6.45) is -3.54. The highest BCUT2D eigenvalue weighted by Gasteiger charge is 2.43. The molecule has 0 aliphatic carbocycles. The molecule has 202 valence electrons. The van der Waals surface area contributed by atoms with Gasteiger partial charge < -0.3 is 20.7 Å². The summed E-state index contributed by atoms with van der Waals surface area (Å²) in [5.74, 6) is 3.98. The lowest BCUT2D eigenvalue weighted by Crippen LogP contribution is -2.49. The van der Waals surface area contributed by atoms with Gasteiger partial charge in [0.05, 0.1) is 0 Å². The van der Waals surface area contributed by atoms with Crippen LogP contribution in [0.5, 0.6) is 5.75 Å². The van der Waals surface area contributed by atoms with E-state index < -0.39 is 35.0 Å². The van der Waals surface area contributed by atoms with Gasteiger partial charge in [0.2, 0.25) is 5.43 Å². The molecule has 2 atom stereocenters. The summed E-state index contributed by atoms with van der Waals surface area (Å²) in [5, 5.41) is 10.2. The Bertz CT molecular complexity index is 1410. The predicted molar refractivity (Wildman–Crippen MR) is 142 cm³/mol. The van der Waals surface area contributed by atoms with E-state index in [9.17, 15) is 27.9 Å². The first-order valence-corrected chi connectivity index (χ1v) is 13.0. The molecule has 11 heteroatoms. The van der Waals surface area contributed by atoms with E-state index in [1.165, 1.54) is 0 Å². The number of aromatic nitrogens is 1. The van der Waals surface area contributed by atoms with Crippen LogP contribution in [0.25, 0.3) is 0 Å². The normalized spacial score (nSPS) is 15.7. The summed E-state index contributed by atoms with van der Waals surface area (Å²) in [6, 6.07) is 12.5. The molecule has 1 aliphatic rings. The molecule has 3 N–H and O–H groups in total. The van der Waals surface area contributed by atoms with Crippen LogP contribution in [-0.2, 0) is 5.75 Å². The van der Waals surface area contributed by atoms with E-state index in [2.05, 4.69) is 0 Å². The zero-order valence-corrected chi connectivity index (χ0v) is 22.0. The van der Waals surface area contributed by atoms with Crippen LogP contribution in [0.2, 0.25) is 0 Å². The van der Waals surface area contributed by atoms with Crippen LogP contribution >= 0.6 is 11.8 Å². The third-order valence-corrected chi connectivity index (χ3v) is 7.99. The second-order valence-corrected chi connectivity index (χ2v) is 10.4. The Morgan fingerprint density at radius 3 is 2.58 bits per heavy atom. The van der Waals surface area contributed by atoms with Gasteiger partial charge in [-0.25, -0.2) is 0 Å². The number of alkyl halides is 3. The molecule has 4 rings (SSSR count). The van der Waals surface area contributed by atoms with Gasteiger partial charge in [0.1, 0.15) is 6.04 Å². The Labute approximate surface area is 222 Å². The van der Waals surface area contributed by atoms with Crippen molar-refractivity contribution >= 4 is 23.4 Å². The number of thioether (sulfide) groups is 1. The third-order valence-electron chi connectivity index (χ3n) is 6.85. The van der Waals surface area contributed by atoms with Crippen LogP contribution in [0.4, 0.5) is 18.9 Å². The van der Waals surface area contributed by atoms with Gasteiger partial charge in [-0.3, -0.25) is 14.3 Å². The summed E-state index contributed by atoms with van der Waals surface area (Å²) in [7, 11) is 3.83. The molecule has 3 aromatic rings. The van der Waals surface area contributed by atoms with Gasteiger partial charge in [-0.2, -0.15) is 13.2 Å². The molecule has 0 radical (unpaired) electrons. The first-order chi connectivity index (χ1) is 17.9. The third kappa shape index (κ3) is 5.20. The number of pyridine rings is 1. The molecule has 2 heterocycles. The Morgan fingerprint density at radius 2 is 1.89 bits per heavy atom. The number of carbonyl (C=O) groups is 1. The molecule has 0 unspecified atom stereocenters. The van der Waals surface area contributed by atoms with Crippen LogP contribution in [0, 0.1) is 0 Å². The molecule has 0 spiro atoms. The second-order valence-electron chi connectivity index (χ2n) is 9.41. The van der Waals surface area contributed by atoms with Gasteiger partial charge in [-0.15, -0.1) is 11.8 Å². The minimum Gasteiger partial charge on any atom is -0.502 e. The van der Waals surface area contributed by atoms with E-state index in [1.54, 1.807) is 11.8 Å². The summed E-state index contributed by atoms with van der Waals surface area (Å²) in [4.78, 5) is 29.1. The minimum atomic E-state index is -4.75. The van der Waals surface area contributed by atoms with Crippen LogP contribution in [-0.4, -0.2) is 53.4 Å². The molecule has 1 amide bonds. The van der Waals surface area contributed by atoms with Crippen LogP contribution in [0.15, 0.2) is 64.4 Å². The first-order valence-electron chi connectivity index (χ1n) is 12.0. The van der Waals surface area contributed by atoms with Gasteiger partial charge in [-0.1, -0.05) is 30.3 Å². The highest BCUT2D eigenvalue weighted by atomic mass is 32.2. The second kappa shape index (κ2) is 10.6. The Balaban J connectivity index is 1.81. The molecule has 2 aromatic carbocycles. The fourth-order valence-corrected chi connectivity index (χ4v) is 5.95. The number of halogens is 3. The molecule has 1 aliphatic heterocycles. The number of rotatable bonds is 6. The molecular weight excluding hydrogens is 517 g/mol. The number of hydrogen-bond acceptors (Lipinski definition) is 6. The fourth-order valence-electron chi connectivity index (χ4n) is 4.83. The van der Waals surface area contributed by atoms with Gasteiger partial charge in [0.15, 0.2) is 11.4 Å². The van der Waals surface area contributed by atoms with Gasteiger partial charge in [0, 0.05) is 55.2 Å². The van der Waals surface area contributed by atoms with Gasteiger partial charge in [-0.05, 0) is 42.2 Å². The topological polar surface area (TPSA) is 91.8 Å². The maximum absolute atomic E-state index is 14.0. The van der Waals surface area contributed by atoms with Crippen molar-refractivity contribution < 1.29 is 23.1 Å². The monoisotopic (exact) mass is 546 g/mol. The molecule has 1 aromatic heterocycles. The zero-order chi connectivity index (χ0) is 27.8. The van der Waals surface area contributed by atoms with Crippen LogP contribution in [0.1, 0.15) is 46.4 Å². The maximum Gasteiger partial charge on any atom is 0.408 e. The number of amides is 1. The first kappa shape index (κ1) is 27.4. The molecule has 0 bridgehead atoms. The average molecular weight is 547 g/mol. The molecule has 38 heavy (non-hydrogen) atoms. The number of hydrogen-bond donors (Lipinski definition) is 2. The molecule has 7 nitrogen and oxygen atoms in total. The van der Waals surface area contributed by atoms with E-state index in [1.807, 2.05) is 61.5 Å². The van der Waals surface area contributed by atoms with Crippen molar-refractivity contribution in [2.24, 2.45) is 0 Å². The standard InChI is InChI=1S/C27H29F3N4O3S/c1-16(27(28,29)30)33(26(37)24-25(36)21(35)12-14-34(24)31)13-11-19-18-8-4-5-10-22(18)38-15-17-7-6-9-20(23(17)19)32(2)3/h4-10,12,14,16,19,36H,11,13,15,31H2,1-3H3/t16-,19-/m1/s1. The molecule has 0 saturated carbocycles. The van der Waals surface area contributed by atoms with Crippen molar-refractivity contribution in [1.29, 1.82) is 0 Å². The van der Waals surface area contributed by atoms with E-state index in [0.29, 0.717) is 15.3 Å². The maximum atomic E-state index is 14.0. The summed E-state index contributed by atoms with van der Waals surface area (Å²) in [6.45, 7) is 0.583. The number of carbonyl (C=O) groups excluding carboxylic acids is 1. The largest absolute Gasteiger partial charge is 0.502 e. The van der Waals surface area contributed by atoms with Crippen LogP contribution in [0.3, 0.4) is 0 Å². The highest BCUT2D eigenvalue weighted by Crippen LogP contribution is 2.45. The average Bonchev–Trinajstić information content (AvgIpc) is 3.03. The van der Waals surface area contributed by atoms with Gasteiger partial charge in [0.25, 0.3) is 5.91 Å². The smallest absolute Gasteiger partial charge is 0.408 e. The van der Waals surface area contributed by atoms with Crippen molar-refractivity contribution in [2.45, 2.75) is 42.1 Å². The van der Waals surface area contributed by atoms with Crippen molar-refractivity contribution in [1.82, 2.24) is 9.58 Å². The van der Waals surface area contributed by atoms with Crippen molar-refractivity contribution in [2.75, 3.05) is 31.4 Å². The quantitative estimate of drug-likeness (QED) is 0.441. The summed E-state index contributed by atoms with van der Waals surface area (Å²) in [5.41, 5.74) is 2.38. The Hall–Kier alpha value is -3.60. The molecular formula is C27H29F3N4O3S. The number of benzene rings is 2. The minimum absolute atomic E-state index is 0.171. The Kier molecular flexibility index (Phi) is 7.68. The Morgan fingerprint density at radius 1 is 1.18 bits per heavy atom. The number of anilines is 1. The predicted octanol–water partition coefficient (Wildman–Crippen LogP) is 4.55. The van der Waals surface area contributed by atoms with Crippen molar-refractivity contribution in [3.05, 3.63) is 87.3 Å². The number of nitrogen functional groups attached to an aromatic ring is 1. The lowest BCUT2D eigenvalue weighted by molar-refractivity contribution is -0.172. The zero-order valence-electron chi connectivity index (χ0n) is 21.2. The SMILES string of the molecule is C[C@@H](N(CC[C@@H]1c2ccccc2SCc2cccc(N(C)C)c21)C(=O)c1c(O)c(=O)ccn1N)C(F)(F)F. The van der Waals surface area contributed by atoms with Crippen molar-refractivity contribution in [3.8, 4) is 5.75 Å². The lowest BCUT2D eigenvalue weighted by atomic mass is 9.84. The molecule has 0 fully saturated rings. The fraction of sp³-hybridized carbons (Fsp3) is 0.333. The number of aromatic hydroxyl groups is 1. The van der Waals surface area contributed by atoms with Crippen LogP contribution < -0.4 is 16.2 Å². The van der Waals surface area contributed by atoms with E-state index in [-0.39, 0.29) is 18.9 Å². The van der Waals surface area contributed by atoms with E-state index in [0.717, 1.165) is 46.5 Å². The molecule has 0 saturated heterocycles. The summed E-state index contributed by atoms with van der Waals surface area (Å²) >= 11 is 1.66. The highest BCUT2D eigenvalue weighted by molar-refractivity contribution is 7.98.